The normalized spacial score (nSPS) is 12.0. The minimum Gasteiger partial charge on any atom is -0.452 e. The first kappa shape index (κ1) is 30.4. The summed E-state index contributed by atoms with van der Waals surface area (Å²) in [6, 6.07) is 62.5. The van der Waals surface area contributed by atoms with Gasteiger partial charge < -0.3 is 4.42 Å². The van der Waals surface area contributed by atoms with E-state index in [4.69, 9.17) is 14.4 Å². The third-order valence-corrected chi connectivity index (χ3v) is 12.2. The Labute approximate surface area is 319 Å². The zero-order chi connectivity index (χ0) is 36.0. The highest BCUT2D eigenvalue weighted by Gasteiger charge is 2.23. The summed E-state index contributed by atoms with van der Waals surface area (Å²) in [6.45, 7) is 0. The number of thiophene rings is 1. The predicted molar refractivity (Wildman–Crippen MR) is 230 cm³/mol. The van der Waals surface area contributed by atoms with E-state index in [2.05, 4.69) is 144 Å². The SMILES string of the molecule is c1ccc(-c2nc(-c3ccc(-c4ccc5c(c4)c4c(-c6ccccc6)c6ccccc6n4c4sc6ccccc6c54)cc3)nc3c2oc2ccccc23)cc1. The van der Waals surface area contributed by atoms with Crippen molar-refractivity contribution in [3.63, 3.8) is 0 Å². The van der Waals surface area contributed by atoms with Crippen LogP contribution in [0.2, 0.25) is 0 Å². The van der Waals surface area contributed by atoms with E-state index < -0.39 is 0 Å². The van der Waals surface area contributed by atoms with Crippen LogP contribution in [-0.2, 0) is 0 Å². The first-order chi connectivity index (χ1) is 27.3. The molecule has 0 aliphatic carbocycles. The minimum atomic E-state index is 0.670. The molecule has 12 aromatic rings. The van der Waals surface area contributed by atoms with Crippen LogP contribution in [0.3, 0.4) is 0 Å². The molecule has 0 atom stereocenters. The zero-order valence-corrected chi connectivity index (χ0v) is 30.2. The fraction of sp³-hybridized carbons (Fsp3) is 0. The molecule has 0 spiro atoms. The molecule has 5 heteroatoms. The van der Waals surface area contributed by atoms with E-state index in [0.717, 1.165) is 44.4 Å². The number of benzene rings is 7. The van der Waals surface area contributed by atoms with Gasteiger partial charge in [-0.3, -0.25) is 4.40 Å². The van der Waals surface area contributed by atoms with E-state index in [0.29, 0.717) is 11.4 Å². The number of hydrogen-bond acceptors (Lipinski definition) is 4. The molecule has 0 aliphatic rings. The van der Waals surface area contributed by atoms with Crippen LogP contribution in [0.15, 0.2) is 180 Å². The van der Waals surface area contributed by atoms with Crippen molar-refractivity contribution >= 4 is 80.9 Å². The number of rotatable bonds is 4. The van der Waals surface area contributed by atoms with E-state index in [1.165, 1.54) is 58.6 Å². The Kier molecular flexibility index (Phi) is 6.47. The first-order valence-electron chi connectivity index (χ1n) is 18.5. The lowest BCUT2D eigenvalue weighted by atomic mass is 9.95. The summed E-state index contributed by atoms with van der Waals surface area (Å²) in [4.78, 5) is 11.5. The van der Waals surface area contributed by atoms with Gasteiger partial charge in [-0.1, -0.05) is 146 Å². The van der Waals surface area contributed by atoms with Crippen LogP contribution in [0.5, 0.6) is 0 Å². The molecular formula is C50H29N3OS. The standard InChI is InChI=1S/C50H29N3OS/c1-3-13-31(14-4-1)43-36-17-7-10-20-40(36)53-47(43)39-29-34(27-28-35(39)44-38-19-9-12-22-42(38)55-50(44)53)30-23-25-33(26-24-30)49-51-45(32-15-5-2-6-16-32)48-46(52-49)37-18-8-11-21-41(37)54-48/h1-29H. The Morgan fingerprint density at radius 1 is 0.473 bits per heavy atom. The third kappa shape index (κ3) is 4.51. The van der Waals surface area contributed by atoms with Gasteiger partial charge >= 0.3 is 0 Å². The van der Waals surface area contributed by atoms with Crippen molar-refractivity contribution < 1.29 is 4.42 Å². The molecule has 55 heavy (non-hydrogen) atoms. The minimum absolute atomic E-state index is 0.670. The van der Waals surface area contributed by atoms with Gasteiger partial charge in [-0.05, 0) is 52.4 Å². The second kappa shape index (κ2) is 11.7. The highest BCUT2D eigenvalue weighted by molar-refractivity contribution is 7.25. The molecule has 5 heterocycles. The number of aromatic nitrogens is 3. The average Bonchev–Trinajstić information content (AvgIpc) is 3.94. The lowest BCUT2D eigenvalue weighted by Crippen LogP contribution is -1.94. The Bertz CT molecular complexity index is 3470. The summed E-state index contributed by atoms with van der Waals surface area (Å²) >= 11 is 1.88. The predicted octanol–water partition coefficient (Wildman–Crippen LogP) is 14.0. The van der Waals surface area contributed by atoms with Gasteiger partial charge in [-0.2, -0.15) is 0 Å². The van der Waals surface area contributed by atoms with Crippen molar-refractivity contribution in [1.82, 2.24) is 14.4 Å². The Morgan fingerprint density at radius 3 is 1.95 bits per heavy atom. The van der Waals surface area contributed by atoms with Crippen LogP contribution in [0.4, 0.5) is 0 Å². The number of hydrogen-bond donors (Lipinski definition) is 0. The van der Waals surface area contributed by atoms with Crippen molar-refractivity contribution in [2.75, 3.05) is 0 Å². The Balaban J connectivity index is 1.08. The first-order valence-corrected chi connectivity index (χ1v) is 19.3. The molecule has 256 valence electrons. The summed E-state index contributed by atoms with van der Waals surface area (Å²) in [6.07, 6.45) is 0. The van der Waals surface area contributed by atoms with Gasteiger partial charge in [0.2, 0.25) is 0 Å². The largest absolute Gasteiger partial charge is 0.452 e. The summed E-state index contributed by atoms with van der Waals surface area (Å²) in [5, 5.41) is 7.34. The average molecular weight is 720 g/mol. The smallest absolute Gasteiger partial charge is 0.180 e. The molecular weight excluding hydrogens is 691 g/mol. The number of para-hydroxylation sites is 2. The Morgan fingerprint density at radius 2 is 1.13 bits per heavy atom. The maximum Gasteiger partial charge on any atom is 0.180 e. The van der Waals surface area contributed by atoms with Gasteiger partial charge in [0.15, 0.2) is 11.4 Å². The lowest BCUT2D eigenvalue weighted by molar-refractivity contribution is 0.667. The van der Waals surface area contributed by atoms with E-state index in [-0.39, 0.29) is 0 Å². The molecule has 0 saturated carbocycles. The fourth-order valence-corrected chi connectivity index (χ4v) is 9.75. The molecule has 5 aromatic heterocycles. The maximum atomic E-state index is 6.35. The molecule has 0 bridgehead atoms. The number of pyridine rings is 1. The van der Waals surface area contributed by atoms with Crippen molar-refractivity contribution in [2.45, 2.75) is 0 Å². The van der Waals surface area contributed by atoms with Crippen LogP contribution in [0.25, 0.3) is 114 Å². The van der Waals surface area contributed by atoms with Gasteiger partial charge in [0.25, 0.3) is 0 Å². The van der Waals surface area contributed by atoms with E-state index in [9.17, 15) is 0 Å². The van der Waals surface area contributed by atoms with Crippen LogP contribution in [0.1, 0.15) is 0 Å². The zero-order valence-electron chi connectivity index (χ0n) is 29.4. The van der Waals surface area contributed by atoms with Gasteiger partial charge in [0.05, 0.1) is 11.0 Å². The highest BCUT2D eigenvalue weighted by atomic mass is 32.1. The van der Waals surface area contributed by atoms with E-state index >= 15 is 0 Å². The van der Waals surface area contributed by atoms with Gasteiger partial charge in [-0.15, -0.1) is 11.3 Å². The second-order valence-electron chi connectivity index (χ2n) is 14.1. The maximum absolute atomic E-state index is 6.35. The third-order valence-electron chi connectivity index (χ3n) is 11.0. The fourth-order valence-electron chi connectivity index (χ4n) is 8.51. The summed E-state index contributed by atoms with van der Waals surface area (Å²) in [5.41, 5.74) is 12.3. The van der Waals surface area contributed by atoms with Crippen LogP contribution < -0.4 is 0 Å². The molecule has 0 radical (unpaired) electrons. The van der Waals surface area contributed by atoms with E-state index in [1.54, 1.807) is 0 Å². The molecule has 0 amide bonds. The topological polar surface area (TPSA) is 43.3 Å². The number of nitrogens with zero attached hydrogens (tertiary/aromatic N) is 3. The second-order valence-corrected chi connectivity index (χ2v) is 15.1. The van der Waals surface area contributed by atoms with Crippen molar-refractivity contribution in [3.05, 3.63) is 176 Å². The van der Waals surface area contributed by atoms with Crippen LogP contribution in [-0.4, -0.2) is 14.4 Å². The number of fused-ring (bicyclic) bond motifs is 13. The molecule has 0 aliphatic heterocycles. The molecule has 12 rings (SSSR count). The molecule has 0 fully saturated rings. The monoisotopic (exact) mass is 719 g/mol. The van der Waals surface area contributed by atoms with Gasteiger partial charge in [-0.25, -0.2) is 9.97 Å². The molecule has 0 saturated heterocycles. The van der Waals surface area contributed by atoms with E-state index in [1.807, 2.05) is 47.7 Å². The van der Waals surface area contributed by atoms with Crippen molar-refractivity contribution in [1.29, 1.82) is 0 Å². The van der Waals surface area contributed by atoms with Gasteiger partial charge in [0, 0.05) is 48.3 Å². The number of furan rings is 1. The van der Waals surface area contributed by atoms with Crippen molar-refractivity contribution in [3.8, 4) is 44.9 Å². The molecule has 0 N–H and O–H groups in total. The molecule has 7 aromatic carbocycles. The summed E-state index contributed by atoms with van der Waals surface area (Å²) in [7, 11) is 0. The lowest BCUT2D eigenvalue weighted by Gasteiger charge is -2.12. The van der Waals surface area contributed by atoms with Crippen molar-refractivity contribution in [2.24, 2.45) is 0 Å². The molecule has 4 nitrogen and oxygen atoms in total. The summed E-state index contributed by atoms with van der Waals surface area (Å²) in [5.74, 6) is 0.670. The molecule has 0 unspecified atom stereocenters. The van der Waals surface area contributed by atoms with Crippen LogP contribution >= 0.6 is 11.3 Å². The summed E-state index contributed by atoms with van der Waals surface area (Å²) < 4.78 is 10.2. The Hall–Kier alpha value is -7.08. The highest BCUT2D eigenvalue weighted by Crippen LogP contribution is 2.47. The van der Waals surface area contributed by atoms with Crippen LogP contribution in [0, 0.1) is 0 Å². The van der Waals surface area contributed by atoms with Gasteiger partial charge in [0.1, 0.15) is 21.6 Å². The quantitative estimate of drug-likeness (QED) is 0.182.